The zero-order valence-electron chi connectivity index (χ0n) is 9.12. The van der Waals surface area contributed by atoms with E-state index in [1.54, 1.807) is 6.92 Å². The van der Waals surface area contributed by atoms with Gasteiger partial charge in [-0.3, -0.25) is 0 Å². The zero-order chi connectivity index (χ0) is 11.5. The van der Waals surface area contributed by atoms with Crippen LogP contribution in [0.5, 0.6) is 0 Å². The zero-order valence-corrected chi connectivity index (χ0v) is 9.88. The van der Waals surface area contributed by atoms with Gasteiger partial charge in [0.15, 0.2) is 0 Å². The van der Waals surface area contributed by atoms with Crippen molar-refractivity contribution < 1.29 is 4.42 Å². The van der Waals surface area contributed by atoms with Gasteiger partial charge in [0.2, 0.25) is 11.8 Å². The van der Waals surface area contributed by atoms with Gasteiger partial charge in [0.1, 0.15) is 0 Å². The molecule has 2 aromatic rings. The summed E-state index contributed by atoms with van der Waals surface area (Å²) < 4.78 is 5.26. The minimum atomic E-state index is 0.478. The Hall–Kier alpha value is -1.55. The highest BCUT2D eigenvalue weighted by Crippen LogP contribution is 2.25. The van der Waals surface area contributed by atoms with E-state index in [0.717, 1.165) is 11.3 Å². The molecule has 84 valence electrons. The summed E-state index contributed by atoms with van der Waals surface area (Å²) >= 11 is 6.07. The van der Waals surface area contributed by atoms with E-state index in [1.807, 2.05) is 25.1 Å². The molecule has 0 unspecified atom stereocenters. The second-order valence-corrected chi connectivity index (χ2v) is 3.91. The first kappa shape index (κ1) is 11.0. The number of para-hydroxylation sites is 1. The van der Waals surface area contributed by atoms with E-state index in [9.17, 15) is 0 Å². The maximum atomic E-state index is 6.07. The average Bonchev–Trinajstić information content (AvgIpc) is 2.63. The number of benzene rings is 1. The Bertz CT molecular complexity index is 475. The topological polar surface area (TPSA) is 51.0 Å². The number of rotatable bonds is 3. The van der Waals surface area contributed by atoms with Crippen molar-refractivity contribution in [3.05, 3.63) is 40.6 Å². The highest BCUT2D eigenvalue weighted by Gasteiger charge is 2.06. The van der Waals surface area contributed by atoms with Crippen molar-refractivity contribution in [3.8, 4) is 0 Å². The van der Waals surface area contributed by atoms with Gasteiger partial charge in [0.05, 0.1) is 17.3 Å². The lowest BCUT2D eigenvalue weighted by Gasteiger charge is -2.08. The first-order valence-electron chi connectivity index (χ1n) is 4.95. The minimum Gasteiger partial charge on any atom is -0.424 e. The fraction of sp³-hybridized carbons (Fsp3) is 0.273. The van der Waals surface area contributed by atoms with Crippen LogP contribution in [0, 0.1) is 13.8 Å². The molecule has 1 aromatic carbocycles. The summed E-state index contributed by atoms with van der Waals surface area (Å²) in [6.07, 6.45) is 0. The molecule has 1 N–H and O–H groups in total. The predicted octanol–water partition coefficient (Wildman–Crippen LogP) is 2.95. The van der Waals surface area contributed by atoms with Gasteiger partial charge in [-0.25, -0.2) is 0 Å². The first-order chi connectivity index (χ1) is 7.66. The molecule has 0 aliphatic heterocycles. The number of hydrogen-bond acceptors (Lipinski definition) is 4. The third kappa shape index (κ3) is 2.33. The van der Waals surface area contributed by atoms with Crippen molar-refractivity contribution in [1.82, 2.24) is 10.2 Å². The highest BCUT2D eigenvalue weighted by atomic mass is 35.5. The minimum absolute atomic E-state index is 0.478. The van der Waals surface area contributed by atoms with Crippen molar-refractivity contribution >= 4 is 17.3 Å². The van der Waals surface area contributed by atoms with E-state index >= 15 is 0 Å². The maximum absolute atomic E-state index is 6.07. The van der Waals surface area contributed by atoms with Crippen molar-refractivity contribution in [2.24, 2.45) is 0 Å². The first-order valence-corrected chi connectivity index (χ1v) is 5.32. The normalized spacial score (nSPS) is 10.4. The molecule has 0 aliphatic carbocycles. The van der Waals surface area contributed by atoms with E-state index in [-0.39, 0.29) is 0 Å². The van der Waals surface area contributed by atoms with Crippen LogP contribution in [0.3, 0.4) is 0 Å². The summed E-state index contributed by atoms with van der Waals surface area (Å²) in [4.78, 5) is 0. The molecule has 0 spiro atoms. The van der Waals surface area contributed by atoms with Gasteiger partial charge < -0.3 is 9.73 Å². The lowest BCUT2D eigenvalue weighted by atomic mass is 10.2. The molecule has 0 fully saturated rings. The molecule has 16 heavy (non-hydrogen) atoms. The molecule has 0 atom stereocenters. The second kappa shape index (κ2) is 4.53. The smallest absolute Gasteiger partial charge is 0.235 e. The third-order valence-electron chi connectivity index (χ3n) is 2.21. The summed E-state index contributed by atoms with van der Waals surface area (Å²) in [5.74, 6) is 1.12. The lowest BCUT2D eigenvalue weighted by Crippen LogP contribution is -2.01. The number of hydrogen-bond donors (Lipinski definition) is 1. The Morgan fingerprint density at radius 1 is 1.31 bits per heavy atom. The number of aryl methyl sites for hydroxylation is 2. The Morgan fingerprint density at radius 2 is 2.12 bits per heavy atom. The molecular weight excluding hydrogens is 226 g/mol. The van der Waals surface area contributed by atoms with Crippen LogP contribution in [0.25, 0.3) is 0 Å². The molecule has 1 heterocycles. The van der Waals surface area contributed by atoms with Gasteiger partial charge in [-0.2, -0.15) is 0 Å². The Labute approximate surface area is 98.6 Å². The molecule has 2 rings (SSSR count). The molecule has 0 amide bonds. The van der Waals surface area contributed by atoms with E-state index in [2.05, 4.69) is 15.5 Å². The Morgan fingerprint density at radius 3 is 2.75 bits per heavy atom. The van der Waals surface area contributed by atoms with E-state index < -0.39 is 0 Å². The summed E-state index contributed by atoms with van der Waals surface area (Å²) in [6.45, 7) is 4.23. The quantitative estimate of drug-likeness (QED) is 0.892. The largest absolute Gasteiger partial charge is 0.424 e. The van der Waals surface area contributed by atoms with E-state index in [4.69, 9.17) is 16.0 Å². The number of aromatic nitrogens is 2. The molecule has 1 aromatic heterocycles. The highest BCUT2D eigenvalue weighted by molar-refractivity contribution is 6.33. The predicted molar refractivity (Wildman–Crippen MR) is 62.6 cm³/mol. The fourth-order valence-corrected chi connectivity index (χ4v) is 1.72. The van der Waals surface area contributed by atoms with Crippen molar-refractivity contribution in [2.75, 3.05) is 5.32 Å². The molecular formula is C11H12ClN3O. The van der Waals surface area contributed by atoms with Gasteiger partial charge >= 0.3 is 0 Å². The second-order valence-electron chi connectivity index (χ2n) is 3.50. The van der Waals surface area contributed by atoms with Gasteiger partial charge in [-0.05, 0) is 18.6 Å². The van der Waals surface area contributed by atoms with E-state index in [1.165, 1.54) is 0 Å². The van der Waals surface area contributed by atoms with Gasteiger partial charge in [-0.15, -0.1) is 10.2 Å². The van der Waals surface area contributed by atoms with Crippen molar-refractivity contribution in [1.29, 1.82) is 0 Å². The van der Waals surface area contributed by atoms with Crippen LogP contribution in [-0.2, 0) is 6.54 Å². The molecule has 0 radical (unpaired) electrons. The summed E-state index contributed by atoms with van der Waals surface area (Å²) in [5, 5.41) is 11.5. The van der Waals surface area contributed by atoms with Crippen molar-refractivity contribution in [2.45, 2.75) is 20.4 Å². The maximum Gasteiger partial charge on any atom is 0.235 e. The molecule has 4 nitrogen and oxygen atoms in total. The SMILES string of the molecule is Cc1nnc(CNc2c(C)cccc2Cl)o1. The Balaban J connectivity index is 2.10. The third-order valence-corrected chi connectivity index (χ3v) is 2.52. The van der Waals surface area contributed by atoms with Crippen LogP contribution < -0.4 is 5.32 Å². The number of nitrogens with zero attached hydrogens (tertiary/aromatic N) is 2. The number of nitrogens with one attached hydrogen (secondary N) is 1. The van der Waals surface area contributed by atoms with E-state index in [0.29, 0.717) is 23.3 Å². The van der Waals surface area contributed by atoms with Crippen LogP contribution in [0.15, 0.2) is 22.6 Å². The summed E-state index contributed by atoms with van der Waals surface area (Å²) in [5.41, 5.74) is 1.99. The van der Waals surface area contributed by atoms with Crippen LogP contribution in [-0.4, -0.2) is 10.2 Å². The van der Waals surface area contributed by atoms with Crippen LogP contribution in [0.4, 0.5) is 5.69 Å². The molecule has 0 saturated heterocycles. The number of anilines is 1. The monoisotopic (exact) mass is 237 g/mol. The van der Waals surface area contributed by atoms with Gasteiger partial charge in [0, 0.05) is 6.92 Å². The van der Waals surface area contributed by atoms with Crippen molar-refractivity contribution in [3.63, 3.8) is 0 Å². The van der Waals surface area contributed by atoms with Gasteiger partial charge in [0.25, 0.3) is 0 Å². The molecule has 0 bridgehead atoms. The van der Waals surface area contributed by atoms with Gasteiger partial charge in [-0.1, -0.05) is 23.7 Å². The fourth-order valence-electron chi connectivity index (χ4n) is 1.43. The molecule has 0 saturated carbocycles. The Kier molecular flexibility index (Phi) is 3.10. The standard InChI is InChI=1S/C11H12ClN3O/c1-7-4-3-5-9(12)11(7)13-6-10-15-14-8(2)16-10/h3-5,13H,6H2,1-2H3. The summed E-state index contributed by atoms with van der Waals surface area (Å²) in [7, 11) is 0. The molecule has 0 aliphatic rings. The van der Waals surface area contributed by atoms with Crippen LogP contribution in [0.2, 0.25) is 5.02 Å². The van der Waals surface area contributed by atoms with Crippen LogP contribution in [0.1, 0.15) is 17.3 Å². The lowest BCUT2D eigenvalue weighted by molar-refractivity contribution is 0.475. The summed E-state index contributed by atoms with van der Waals surface area (Å²) in [6, 6.07) is 5.75. The number of halogens is 1. The van der Waals surface area contributed by atoms with Crippen LogP contribution >= 0.6 is 11.6 Å². The molecule has 5 heteroatoms. The average molecular weight is 238 g/mol.